The van der Waals surface area contributed by atoms with Crippen molar-refractivity contribution in [2.75, 3.05) is 12.4 Å². The van der Waals surface area contributed by atoms with Gasteiger partial charge in [-0.05, 0) is 31.2 Å². The highest BCUT2D eigenvalue weighted by molar-refractivity contribution is 6.06. The van der Waals surface area contributed by atoms with Crippen LogP contribution in [0.4, 0.5) is 5.69 Å². The molecule has 1 aromatic carbocycles. The van der Waals surface area contributed by atoms with Crippen LogP contribution in [0.25, 0.3) is 0 Å². The largest absolute Gasteiger partial charge is 0.360 e. The van der Waals surface area contributed by atoms with Crippen molar-refractivity contribution in [3.05, 3.63) is 46.8 Å². The molecule has 0 unspecified atom stereocenters. The van der Waals surface area contributed by atoms with Crippen molar-refractivity contribution < 1.29 is 14.1 Å². The Kier molecular flexibility index (Phi) is 4.37. The molecule has 2 N–H and O–H groups in total. The molecule has 0 aliphatic carbocycles. The summed E-state index contributed by atoms with van der Waals surface area (Å²) < 4.78 is 5.10. The van der Waals surface area contributed by atoms with E-state index in [1.54, 1.807) is 38.2 Å². The molecule has 0 aliphatic heterocycles. The topological polar surface area (TPSA) is 84.2 Å². The van der Waals surface area contributed by atoms with Crippen molar-refractivity contribution in [3.8, 4) is 0 Å². The van der Waals surface area contributed by atoms with Gasteiger partial charge in [-0.2, -0.15) is 0 Å². The minimum atomic E-state index is -0.265. The number of benzene rings is 1. The number of carbonyl (C=O) groups excluding carboxylic acids is 2. The zero-order valence-electron chi connectivity index (χ0n) is 12.2. The van der Waals surface area contributed by atoms with E-state index in [-0.39, 0.29) is 11.8 Å². The van der Waals surface area contributed by atoms with Crippen LogP contribution in [-0.2, 0) is 6.42 Å². The first kappa shape index (κ1) is 14.8. The highest BCUT2D eigenvalue weighted by Gasteiger charge is 2.19. The maximum absolute atomic E-state index is 12.3. The molecule has 2 rings (SSSR count). The second-order valence-electron chi connectivity index (χ2n) is 4.53. The number of rotatable bonds is 4. The van der Waals surface area contributed by atoms with Gasteiger partial charge in [0.15, 0.2) is 0 Å². The summed E-state index contributed by atoms with van der Waals surface area (Å²) in [5.41, 5.74) is 2.17. The van der Waals surface area contributed by atoms with Gasteiger partial charge >= 0.3 is 0 Å². The highest BCUT2D eigenvalue weighted by atomic mass is 16.5. The number of nitrogens with zero attached hydrogens (tertiary/aromatic N) is 1. The van der Waals surface area contributed by atoms with E-state index in [1.807, 2.05) is 6.92 Å². The second-order valence-corrected chi connectivity index (χ2v) is 4.53. The quantitative estimate of drug-likeness (QED) is 0.902. The van der Waals surface area contributed by atoms with Crippen LogP contribution in [0.2, 0.25) is 0 Å². The van der Waals surface area contributed by atoms with Crippen molar-refractivity contribution in [2.45, 2.75) is 20.3 Å². The second kappa shape index (κ2) is 6.21. The summed E-state index contributed by atoms with van der Waals surface area (Å²) in [7, 11) is 1.57. The van der Waals surface area contributed by atoms with Crippen LogP contribution in [0, 0.1) is 6.92 Å². The summed E-state index contributed by atoms with van der Waals surface area (Å²) in [6.45, 7) is 3.63. The van der Waals surface area contributed by atoms with Gasteiger partial charge in [0.2, 0.25) is 0 Å². The first-order chi connectivity index (χ1) is 10.1. The Hall–Kier alpha value is -2.63. The molecule has 6 heteroatoms. The van der Waals surface area contributed by atoms with Gasteiger partial charge in [-0.3, -0.25) is 9.59 Å². The van der Waals surface area contributed by atoms with E-state index in [1.165, 1.54) is 0 Å². The van der Waals surface area contributed by atoms with Crippen LogP contribution in [0.3, 0.4) is 0 Å². The minimum Gasteiger partial charge on any atom is -0.360 e. The zero-order valence-corrected chi connectivity index (χ0v) is 12.2. The van der Waals surface area contributed by atoms with Crippen molar-refractivity contribution in [1.82, 2.24) is 10.5 Å². The average molecular weight is 287 g/mol. The summed E-state index contributed by atoms with van der Waals surface area (Å²) in [6, 6.07) is 6.65. The van der Waals surface area contributed by atoms with Crippen LogP contribution in [0.1, 0.15) is 39.1 Å². The van der Waals surface area contributed by atoms with Crippen LogP contribution >= 0.6 is 0 Å². The lowest BCUT2D eigenvalue weighted by atomic mass is 10.1. The highest BCUT2D eigenvalue weighted by Crippen LogP contribution is 2.17. The number of amides is 2. The standard InChI is InChI=1S/C15H17N3O3/c1-4-12-13(9(2)18-21-12)15(20)17-11-7-5-10(6-8-11)14(19)16-3/h5-8H,4H2,1-3H3,(H,16,19)(H,17,20). The van der Waals surface area contributed by atoms with Crippen molar-refractivity contribution in [3.63, 3.8) is 0 Å². The molecule has 1 aromatic heterocycles. The molecule has 0 saturated heterocycles. The molecule has 6 nitrogen and oxygen atoms in total. The predicted molar refractivity (Wildman–Crippen MR) is 78.4 cm³/mol. The fourth-order valence-corrected chi connectivity index (χ4v) is 1.99. The van der Waals surface area contributed by atoms with E-state index < -0.39 is 0 Å². The maximum Gasteiger partial charge on any atom is 0.261 e. The molecule has 2 aromatic rings. The van der Waals surface area contributed by atoms with E-state index in [9.17, 15) is 9.59 Å². The van der Waals surface area contributed by atoms with Crippen LogP contribution in [-0.4, -0.2) is 24.0 Å². The van der Waals surface area contributed by atoms with E-state index in [4.69, 9.17) is 4.52 Å². The summed E-state index contributed by atoms with van der Waals surface area (Å²) in [4.78, 5) is 23.7. The van der Waals surface area contributed by atoms with E-state index in [0.29, 0.717) is 34.7 Å². The molecule has 0 radical (unpaired) electrons. The van der Waals surface area contributed by atoms with Crippen LogP contribution < -0.4 is 10.6 Å². The zero-order chi connectivity index (χ0) is 15.4. The van der Waals surface area contributed by atoms with E-state index in [2.05, 4.69) is 15.8 Å². The SMILES string of the molecule is CCc1onc(C)c1C(=O)Nc1ccc(C(=O)NC)cc1. The molecular weight excluding hydrogens is 270 g/mol. The lowest BCUT2D eigenvalue weighted by Crippen LogP contribution is -2.18. The van der Waals surface area contributed by atoms with Gasteiger partial charge in [-0.15, -0.1) is 0 Å². The monoisotopic (exact) mass is 287 g/mol. The molecule has 1 heterocycles. The molecule has 0 saturated carbocycles. The lowest BCUT2D eigenvalue weighted by molar-refractivity contribution is 0.0962. The van der Waals surface area contributed by atoms with E-state index in [0.717, 1.165) is 0 Å². The molecule has 0 aliphatic rings. The molecule has 0 fully saturated rings. The number of nitrogens with one attached hydrogen (secondary N) is 2. The van der Waals surface area contributed by atoms with Crippen LogP contribution in [0.5, 0.6) is 0 Å². The number of aromatic nitrogens is 1. The third-order valence-electron chi connectivity index (χ3n) is 3.11. The molecular formula is C15H17N3O3. The van der Waals surface area contributed by atoms with Gasteiger partial charge in [0.05, 0.1) is 5.69 Å². The first-order valence-electron chi connectivity index (χ1n) is 6.65. The summed E-state index contributed by atoms with van der Waals surface area (Å²) >= 11 is 0. The molecule has 0 spiro atoms. The number of anilines is 1. The lowest BCUT2D eigenvalue weighted by Gasteiger charge is -2.06. The molecule has 0 atom stereocenters. The summed E-state index contributed by atoms with van der Waals surface area (Å²) in [6.07, 6.45) is 0.596. The maximum atomic E-state index is 12.3. The number of carbonyl (C=O) groups is 2. The van der Waals surface area contributed by atoms with Crippen molar-refractivity contribution in [1.29, 1.82) is 0 Å². The van der Waals surface area contributed by atoms with Gasteiger partial charge in [-0.1, -0.05) is 12.1 Å². The third-order valence-corrected chi connectivity index (χ3v) is 3.11. The molecule has 21 heavy (non-hydrogen) atoms. The van der Waals surface area contributed by atoms with Crippen molar-refractivity contribution >= 4 is 17.5 Å². The number of hydrogen-bond donors (Lipinski definition) is 2. The number of hydrogen-bond acceptors (Lipinski definition) is 4. The normalized spacial score (nSPS) is 10.2. The Morgan fingerprint density at radius 1 is 1.19 bits per heavy atom. The first-order valence-corrected chi connectivity index (χ1v) is 6.65. The Labute approximate surface area is 122 Å². The van der Waals surface area contributed by atoms with E-state index >= 15 is 0 Å². The Bertz CT molecular complexity index is 659. The number of aryl methyl sites for hydroxylation is 2. The summed E-state index contributed by atoms with van der Waals surface area (Å²) in [5, 5.41) is 9.12. The minimum absolute atomic E-state index is 0.170. The van der Waals surface area contributed by atoms with Gasteiger partial charge in [0, 0.05) is 24.7 Å². The Balaban J connectivity index is 2.16. The molecule has 0 bridgehead atoms. The molecule has 110 valence electrons. The smallest absolute Gasteiger partial charge is 0.261 e. The van der Waals surface area contributed by atoms with Gasteiger partial charge < -0.3 is 15.2 Å². The van der Waals surface area contributed by atoms with Gasteiger partial charge in [0.1, 0.15) is 11.3 Å². The van der Waals surface area contributed by atoms with Crippen LogP contribution in [0.15, 0.2) is 28.8 Å². The predicted octanol–water partition coefficient (Wildman–Crippen LogP) is 2.16. The summed E-state index contributed by atoms with van der Waals surface area (Å²) in [5.74, 6) is 0.126. The Morgan fingerprint density at radius 3 is 2.43 bits per heavy atom. The average Bonchev–Trinajstić information content (AvgIpc) is 2.88. The fourth-order valence-electron chi connectivity index (χ4n) is 1.99. The van der Waals surface area contributed by atoms with Gasteiger partial charge in [-0.25, -0.2) is 0 Å². The fraction of sp³-hybridized carbons (Fsp3) is 0.267. The third kappa shape index (κ3) is 3.10. The van der Waals surface area contributed by atoms with Gasteiger partial charge in [0.25, 0.3) is 11.8 Å². The Morgan fingerprint density at radius 2 is 1.86 bits per heavy atom. The molecule has 2 amide bonds. The van der Waals surface area contributed by atoms with Crippen molar-refractivity contribution in [2.24, 2.45) is 0 Å².